The third-order valence-electron chi connectivity index (χ3n) is 3.64. The summed E-state index contributed by atoms with van der Waals surface area (Å²) in [7, 11) is 2.86. The Morgan fingerprint density at radius 3 is 2.87 bits per heavy atom. The molecule has 0 saturated carbocycles. The highest BCUT2D eigenvalue weighted by molar-refractivity contribution is 7.80. The van der Waals surface area contributed by atoms with Gasteiger partial charge >= 0.3 is 5.97 Å². The molecule has 1 aromatic carbocycles. The molecule has 0 spiro atoms. The zero-order valence-electron chi connectivity index (χ0n) is 13.4. The second-order valence-corrected chi connectivity index (χ2v) is 5.63. The van der Waals surface area contributed by atoms with Crippen molar-refractivity contribution in [3.05, 3.63) is 29.3 Å². The van der Waals surface area contributed by atoms with Crippen LogP contribution >= 0.6 is 12.2 Å². The third kappa shape index (κ3) is 5.07. The fourth-order valence-electron chi connectivity index (χ4n) is 2.39. The number of esters is 1. The molecule has 0 aromatic heterocycles. The molecule has 126 valence electrons. The zero-order valence-corrected chi connectivity index (χ0v) is 14.2. The van der Waals surface area contributed by atoms with Crippen molar-refractivity contribution in [2.45, 2.75) is 25.5 Å². The van der Waals surface area contributed by atoms with Gasteiger partial charge in [0.1, 0.15) is 11.3 Å². The van der Waals surface area contributed by atoms with Gasteiger partial charge in [-0.1, -0.05) is 6.07 Å². The maximum Gasteiger partial charge on any atom is 0.341 e. The molecule has 0 bridgehead atoms. The highest BCUT2D eigenvalue weighted by Crippen LogP contribution is 2.20. The van der Waals surface area contributed by atoms with Gasteiger partial charge in [0.15, 0.2) is 5.11 Å². The number of thiocarbonyl (C=S) groups is 1. The monoisotopic (exact) mass is 338 g/mol. The van der Waals surface area contributed by atoms with E-state index in [2.05, 4.69) is 10.6 Å². The van der Waals surface area contributed by atoms with Crippen LogP contribution in [-0.2, 0) is 16.0 Å². The predicted octanol–water partition coefficient (Wildman–Crippen LogP) is 1.62. The van der Waals surface area contributed by atoms with E-state index in [1.807, 2.05) is 6.07 Å². The Hall–Kier alpha value is -1.86. The van der Waals surface area contributed by atoms with Crippen molar-refractivity contribution in [3.63, 3.8) is 0 Å². The molecule has 1 aliphatic heterocycles. The normalized spacial score (nSPS) is 16.7. The quantitative estimate of drug-likeness (QED) is 0.603. The van der Waals surface area contributed by atoms with E-state index in [1.54, 1.807) is 12.1 Å². The van der Waals surface area contributed by atoms with Crippen molar-refractivity contribution < 1.29 is 19.0 Å². The molecule has 0 aliphatic carbocycles. The largest absolute Gasteiger partial charge is 0.496 e. The van der Waals surface area contributed by atoms with Crippen molar-refractivity contribution in [1.82, 2.24) is 10.6 Å². The van der Waals surface area contributed by atoms with Crippen molar-refractivity contribution >= 4 is 23.3 Å². The minimum Gasteiger partial charge on any atom is -0.496 e. The lowest BCUT2D eigenvalue weighted by molar-refractivity contribution is 0.0597. The lowest BCUT2D eigenvalue weighted by atomic mass is 10.1. The van der Waals surface area contributed by atoms with Gasteiger partial charge in [-0.25, -0.2) is 4.79 Å². The molecular formula is C16H22N2O4S. The average molecular weight is 338 g/mol. The highest BCUT2D eigenvalue weighted by atomic mass is 32.1. The van der Waals surface area contributed by atoms with Crippen LogP contribution in [0.2, 0.25) is 0 Å². The maximum absolute atomic E-state index is 11.8. The fraction of sp³-hybridized carbons (Fsp3) is 0.500. The van der Waals surface area contributed by atoms with Crippen LogP contribution in [0.15, 0.2) is 18.2 Å². The zero-order chi connectivity index (χ0) is 16.7. The fourth-order valence-corrected chi connectivity index (χ4v) is 2.55. The Balaban J connectivity index is 1.86. The topological polar surface area (TPSA) is 68.8 Å². The van der Waals surface area contributed by atoms with Crippen LogP contribution in [0.1, 0.15) is 28.8 Å². The van der Waals surface area contributed by atoms with Crippen molar-refractivity contribution in [2.24, 2.45) is 0 Å². The van der Waals surface area contributed by atoms with Crippen molar-refractivity contribution in [2.75, 3.05) is 27.4 Å². The van der Waals surface area contributed by atoms with Gasteiger partial charge in [-0.05, 0) is 42.8 Å². The average Bonchev–Trinajstić information content (AvgIpc) is 3.10. The first kappa shape index (κ1) is 17.5. The van der Waals surface area contributed by atoms with Gasteiger partial charge in [0.2, 0.25) is 0 Å². The molecule has 0 unspecified atom stereocenters. The number of carbonyl (C=O) groups excluding carboxylic acids is 1. The van der Waals surface area contributed by atoms with Gasteiger partial charge < -0.3 is 24.8 Å². The van der Waals surface area contributed by atoms with Crippen LogP contribution in [0, 0.1) is 0 Å². The first-order valence-corrected chi connectivity index (χ1v) is 7.93. The van der Waals surface area contributed by atoms with E-state index in [-0.39, 0.29) is 6.10 Å². The summed E-state index contributed by atoms with van der Waals surface area (Å²) >= 11 is 5.25. The predicted molar refractivity (Wildman–Crippen MR) is 90.7 cm³/mol. The summed E-state index contributed by atoms with van der Waals surface area (Å²) in [5.74, 6) is 0.0578. The summed E-state index contributed by atoms with van der Waals surface area (Å²) in [6, 6.07) is 5.35. The third-order valence-corrected chi connectivity index (χ3v) is 3.93. The van der Waals surface area contributed by atoms with E-state index in [9.17, 15) is 4.79 Å². The molecule has 23 heavy (non-hydrogen) atoms. The van der Waals surface area contributed by atoms with Gasteiger partial charge in [-0.2, -0.15) is 0 Å². The van der Waals surface area contributed by atoms with E-state index in [0.717, 1.165) is 25.0 Å². The van der Waals surface area contributed by atoms with E-state index in [1.165, 1.54) is 14.2 Å². The SMILES string of the molecule is COC(=O)c1cc(CNC(=S)NC[C@H]2CCCO2)ccc1OC. The molecular weight excluding hydrogens is 316 g/mol. The van der Waals surface area contributed by atoms with Gasteiger partial charge in [0.25, 0.3) is 0 Å². The van der Waals surface area contributed by atoms with E-state index < -0.39 is 5.97 Å². The Kier molecular flexibility index (Phi) is 6.61. The Morgan fingerprint density at radius 1 is 1.39 bits per heavy atom. The molecule has 7 heteroatoms. The van der Waals surface area contributed by atoms with Gasteiger partial charge in [-0.15, -0.1) is 0 Å². The molecule has 0 radical (unpaired) electrons. The molecule has 2 rings (SSSR count). The van der Waals surface area contributed by atoms with Crippen molar-refractivity contribution in [3.8, 4) is 5.75 Å². The Morgan fingerprint density at radius 2 is 2.22 bits per heavy atom. The number of methoxy groups -OCH3 is 2. The molecule has 1 heterocycles. The Labute approximate surface area is 141 Å². The van der Waals surface area contributed by atoms with Crippen LogP contribution in [0.5, 0.6) is 5.75 Å². The summed E-state index contributed by atoms with van der Waals surface area (Å²) in [6.07, 6.45) is 2.41. The first-order chi connectivity index (χ1) is 11.1. The lowest BCUT2D eigenvalue weighted by Crippen LogP contribution is -2.39. The number of benzene rings is 1. The highest BCUT2D eigenvalue weighted by Gasteiger charge is 2.16. The van der Waals surface area contributed by atoms with E-state index >= 15 is 0 Å². The number of carbonyl (C=O) groups is 1. The second-order valence-electron chi connectivity index (χ2n) is 5.22. The number of rotatable bonds is 6. The minimum absolute atomic E-state index is 0.238. The van der Waals surface area contributed by atoms with Crippen LogP contribution in [0.4, 0.5) is 0 Å². The van der Waals surface area contributed by atoms with Crippen LogP contribution in [-0.4, -0.2) is 44.6 Å². The number of hydrogen-bond acceptors (Lipinski definition) is 5. The first-order valence-electron chi connectivity index (χ1n) is 7.52. The maximum atomic E-state index is 11.8. The molecule has 1 aromatic rings. The smallest absolute Gasteiger partial charge is 0.341 e. The second kappa shape index (κ2) is 8.69. The van der Waals surface area contributed by atoms with Gasteiger partial charge in [0.05, 0.1) is 20.3 Å². The molecule has 1 atom stereocenters. The summed E-state index contributed by atoms with van der Waals surface area (Å²) in [5.41, 5.74) is 1.31. The summed E-state index contributed by atoms with van der Waals surface area (Å²) < 4.78 is 15.5. The molecule has 1 aliphatic rings. The molecule has 1 fully saturated rings. The number of nitrogens with one attached hydrogen (secondary N) is 2. The molecule has 2 N–H and O–H groups in total. The summed E-state index contributed by atoms with van der Waals surface area (Å²) in [4.78, 5) is 11.8. The van der Waals surface area contributed by atoms with E-state index in [0.29, 0.717) is 29.5 Å². The van der Waals surface area contributed by atoms with Crippen molar-refractivity contribution in [1.29, 1.82) is 0 Å². The molecule has 1 saturated heterocycles. The summed E-state index contributed by atoms with van der Waals surface area (Å²) in [6.45, 7) is 2.04. The molecule has 6 nitrogen and oxygen atoms in total. The number of ether oxygens (including phenoxy) is 3. The Bertz CT molecular complexity index is 559. The standard InChI is InChI=1S/C16H22N2O4S/c1-20-14-6-5-11(8-13(14)15(19)21-2)9-17-16(23)18-10-12-4-3-7-22-12/h5-6,8,12H,3-4,7,9-10H2,1-2H3,(H2,17,18,23)/t12-/m1/s1. The lowest BCUT2D eigenvalue weighted by Gasteiger charge is -2.14. The van der Waals surface area contributed by atoms with E-state index in [4.69, 9.17) is 26.4 Å². The minimum atomic E-state index is -0.428. The van der Waals surface area contributed by atoms with Crippen LogP contribution < -0.4 is 15.4 Å². The van der Waals surface area contributed by atoms with Gasteiger partial charge in [-0.3, -0.25) is 0 Å². The van der Waals surface area contributed by atoms with Gasteiger partial charge in [0, 0.05) is 19.7 Å². The molecule has 0 amide bonds. The van der Waals surface area contributed by atoms with Crippen LogP contribution in [0.25, 0.3) is 0 Å². The number of hydrogen-bond donors (Lipinski definition) is 2. The summed E-state index contributed by atoms with van der Waals surface area (Å²) in [5, 5.41) is 6.83. The van der Waals surface area contributed by atoms with Crippen LogP contribution in [0.3, 0.4) is 0 Å².